The molecule has 0 radical (unpaired) electrons. The van der Waals surface area contributed by atoms with E-state index in [-0.39, 0.29) is 36.1 Å². The number of alkyl halides is 2. The van der Waals surface area contributed by atoms with Gasteiger partial charge in [0, 0.05) is 36.3 Å². The van der Waals surface area contributed by atoms with Crippen molar-refractivity contribution in [2.45, 2.75) is 37.4 Å². The number of rotatable bonds is 7. The highest BCUT2D eigenvalue weighted by molar-refractivity contribution is 5.94. The van der Waals surface area contributed by atoms with Crippen molar-refractivity contribution in [2.75, 3.05) is 25.0 Å². The summed E-state index contributed by atoms with van der Waals surface area (Å²) in [6.07, 6.45) is -0.304. The molecule has 2 heterocycles. The van der Waals surface area contributed by atoms with E-state index in [4.69, 9.17) is 9.84 Å². The monoisotopic (exact) mass is 486 g/mol. The molecule has 0 spiro atoms. The molecule has 35 heavy (non-hydrogen) atoms. The van der Waals surface area contributed by atoms with Crippen molar-refractivity contribution in [2.24, 2.45) is 5.92 Å². The Morgan fingerprint density at radius 1 is 1.29 bits per heavy atom. The Kier molecular flexibility index (Phi) is 6.95. The summed E-state index contributed by atoms with van der Waals surface area (Å²) >= 11 is 0. The van der Waals surface area contributed by atoms with Crippen molar-refractivity contribution in [1.29, 1.82) is 5.26 Å². The lowest BCUT2D eigenvalue weighted by Gasteiger charge is -2.38. The number of amides is 2. The van der Waals surface area contributed by atoms with Crippen LogP contribution in [0.1, 0.15) is 24.8 Å². The van der Waals surface area contributed by atoms with Crippen LogP contribution >= 0.6 is 0 Å². The summed E-state index contributed by atoms with van der Waals surface area (Å²) in [6, 6.07) is 9.74. The maximum absolute atomic E-state index is 14.7. The van der Waals surface area contributed by atoms with E-state index in [9.17, 15) is 28.7 Å². The molecule has 4 rings (SSSR count). The fraction of sp³-hybridized carbons (Fsp3) is 0.417. The maximum atomic E-state index is 14.7. The number of ether oxygens (including phenoxy) is 1. The molecule has 1 aliphatic carbocycles. The number of nitriles is 1. The van der Waals surface area contributed by atoms with Gasteiger partial charge in [0.05, 0.1) is 24.4 Å². The molecule has 2 atom stereocenters. The van der Waals surface area contributed by atoms with Crippen LogP contribution in [-0.2, 0) is 9.59 Å². The van der Waals surface area contributed by atoms with E-state index in [0.717, 1.165) is 17.7 Å². The second-order valence-corrected chi connectivity index (χ2v) is 8.63. The van der Waals surface area contributed by atoms with Gasteiger partial charge < -0.3 is 25.2 Å². The number of pyridine rings is 1. The number of piperidine rings is 1. The molecule has 1 aromatic carbocycles. The van der Waals surface area contributed by atoms with Crippen LogP contribution in [0, 0.1) is 17.2 Å². The zero-order valence-electron chi connectivity index (χ0n) is 18.7. The lowest BCUT2D eigenvalue weighted by atomic mass is 10.0. The van der Waals surface area contributed by atoms with Gasteiger partial charge in [-0.25, -0.2) is 8.78 Å². The van der Waals surface area contributed by atoms with Gasteiger partial charge in [0.1, 0.15) is 11.8 Å². The van der Waals surface area contributed by atoms with Gasteiger partial charge in [-0.3, -0.25) is 14.6 Å². The Morgan fingerprint density at radius 3 is 2.71 bits per heavy atom. The predicted octanol–water partition coefficient (Wildman–Crippen LogP) is 1.94. The van der Waals surface area contributed by atoms with Crippen LogP contribution in [0.5, 0.6) is 5.75 Å². The van der Waals surface area contributed by atoms with Crippen LogP contribution in [0.25, 0.3) is 11.3 Å². The van der Waals surface area contributed by atoms with Crippen molar-refractivity contribution >= 4 is 17.5 Å². The van der Waals surface area contributed by atoms with Crippen LogP contribution in [0.2, 0.25) is 0 Å². The Morgan fingerprint density at radius 2 is 2.06 bits per heavy atom. The second kappa shape index (κ2) is 9.93. The maximum Gasteiger partial charge on any atom is 0.301 e. The molecular formula is C24H24F2N4O5. The molecule has 1 saturated heterocycles. The Hall–Kier alpha value is -3.62. The lowest BCUT2D eigenvalue weighted by molar-refractivity contribution is -0.167. The average molecular weight is 486 g/mol. The second-order valence-electron chi connectivity index (χ2n) is 8.63. The highest BCUT2D eigenvalue weighted by Crippen LogP contribution is 2.34. The molecule has 11 heteroatoms. The Labute approximate surface area is 199 Å². The number of likely N-dealkylation sites (tertiary alicyclic amines) is 1. The molecule has 1 aliphatic heterocycles. The van der Waals surface area contributed by atoms with Gasteiger partial charge in [-0.2, -0.15) is 5.26 Å². The van der Waals surface area contributed by atoms with E-state index in [1.807, 2.05) is 6.07 Å². The Balaban J connectivity index is 1.48. The topological polar surface area (TPSA) is 136 Å². The quantitative estimate of drug-likeness (QED) is 0.544. The third kappa shape index (κ3) is 5.55. The summed E-state index contributed by atoms with van der Waals surface area (Å²) in [4.78, 5) is 29.0. The van der Waals surface area contributed by atoms with Gasteiger partial charge in [-0.15, -0.1) is 0 Å². The molecule has 2 aromatic rings. The third-order valence-corrected chi connectivity index (χ3v) is 5.94. The highest BCUT2D eigenvalue weighted by Gasteiger charge is 2.48. The van der Waals surface area contributed by atoms with Gasteiger partial charge in [-0.1, -0.05) is 0 Å². The standard InChI is InChI=1S/C24H24F2N4O5/c25-24(26)13-30(23(34)19(32)12-31)8-6-21(24)35-20-4-3-15(9-16(20)11-27)18-10-17(5-7-28-18)29-22(33)14-1-2-14/h3-5,7,9-10,14,19,21,31-32H,1-2,6,8,12-13H2,(H,28,29,33)/t19-,21?/m0/s1. The molecule has 9 nitrogen and oxygen atoms in total. The molecule has 2 amide bonds. The Bertz CT molecular complexity index is 1160. The van der Waals surface area contributed by atoms with Crippen molar-refractivity contribution < 1.29 is 33.3 Å². The summed E-state index contributed by atoms with van der Waals surface area (Å²) < 4.78 is 35.0. The van der Waals surface area contributed by atoms with Crippen molar-refractivity contribution in [1.82, 2.24) is 9.88 Å². The number of nitrogens with zero attached hydrogens (tertiary/aromatic N) is 3. The SMILES string of the molecule is N#Cc1cc(-c2cc(NC(=O)C3CC3)ccn2)ccc1OC1CCN(C(=O)[C@@H](O)CO)CC1(F)F. The van der Waals surface area contributed by atoms with Crippen molar-refractivity contribution in [3.8, 4) is 23.1 Å². The highest BCUT2D eigenvalue weighted by atomic mass is 19.3. The van der Waals surface area contributed by atoms with Gasteiger partial charge in [-0.05, 0) is 43.2 Å². The number of aliphatic hydroxyl groups excluding tert-OH is 2. The summed E-state index contributed by atoms with van der Waals surface area (Å²) in [6.45, 7) is -1.93. The molecule has 0 bridgehead atoms. The van der Waals surface area contributed by atoms with Crippen LogP contribution in [-0.4, -0.2) is 69.7 Å². The zero-order valence-corrected chi connectivity index (χ0v) is 18.7. The van der Waals surface area contributed by atoms with E-state index < -0.39 is 37.2 Å². The average Bonchev–Trinajstić information content (AvgIpc) is 3.70. The summed E-state index contributed by atoms with van der Waals surface area (Å²) in [5, 5.41) is 30.8. The number of halogens is 2. The number of hydrogen-bond acceptors (Lipinski definition) is 7. The number of carbonyl (C=O) groups excluding carboxylic acids is 2. The number of carbonyl (C=O) groups is 2. The molecule has 3 N–H and O–H groups in total. The van der Waals surface area contributed by atoms with E-state index in [2.05, 4.69) is 10.3 Å². The molecule has 1 saturated carbocycles. The number of hydrogen-bond donors (Lipinski definition) is 3. The van der Waals surface area contributed by atoms with Crippen LogP contribution in [0.15, 0.2) is 36.5 Å². The minimum atomic E-state index is -3.44. The number of benzene rings is 1. The normalized spacial score (nSPS) is 20.0. The number of aliphatic hydroxyl groups is 2. The number of nitrogens with one attached hydrogen (secondary N) is 1. The van der Waals surface area contributed by atoms with Crippen LogP contribution < -0.4 is 10.1 Å². The number of anilines is 1. The first-order valence-corrected chi connectivity index (χ1v) is 11.2. The fourth-order valence-electron chi connectivity index (χ4n) is 3.83. The van der Waals surface area contributed by atoms with E-state index in [1.54, 1.807) is 18.2 Å². The largest absolute Gasteiger partial charge is 0.483 e. The smallest absolute Gasteiger partial charge is 0.301 e. The first kappa shape index (κ1) is 24.5. The van der Waals surface area contributed by atoms with Crippen molar-refractivity contribution in [3.05, 3.63) is 42.1 Å². The van der Waals surface area contributed by atoms with E-state index >= 15 is 0 Å². The third-order valence-electron chi connectivity index (χ3n) is 5.94. The van der Waals surface area contributed by atoms with Crippen molar-refractivity contribution in [3.63, 3.8) is 0 Å². The van der Waals surface area contributed by atoms with Gasteiger partial charge in [0.2, 0.25) is 5.91 Å². The van der Waals surface area contributed by atoms with Crippen LogP contribution in [0.4, 0.5) is 14.5 Å². The lowest BCUT2D eigenvalue weighted by Crippen LogP contribution is -2.57. The first-order chi connectivity index (χ1) is 16.7. The first-order valence-electron chi connectivity index (χ1n) is 11.2. The molecule has 2 aliphatic rings. The summed E-state index contributed by atoms with van der Waals surface area (Å²) in [5.41, 5.74) is 1.63. The molecular weight excluding hydrogens is 462 g/mol. The van der Waals surface area contributed by atoms with E-state index in [1.165, 1.54) is 18.3 Å². The summed E-state index contributed by atoms with van der Waals surface area (Å²) in [5.74, 6) is -4.46. The molecule has 1 unspecified atom stereocenters. The fourth-order valence-corrected chi connectivity index (χ4v) is 3.83. The van der Waals surface area contributed by atoms with E-state index in [0.29, 0.717) is 16.9 Å². The minimum absolute atomic E-state index is 0.0294. The number of aromatic nitrogens is 1. The molecule has 1 aromatic heterocycles. The van der Waals surface area contributed by atoms with Gasteiger partial charge in [0.25, 0.3) is 5.91 Å². The molecule has 184 valence electrons. The van der Waals surface area contributed by atoms with Gasteiger partial charge in [0.15, 0.2) is 12.2 Å². The zero-order chi connectivity index (χ0) is 25.2. The van der Waals surface area contributed by atoms with Gasteiger partial charge >= 0.3 is 5.92 Å². The summed E-state index contributed by atoms with van der Waals surface area (Å²) in [7, 11) is 0. The predicted molar refractivity (Wildman–Crippen MR) is 119 cm³/mol. The molecule has 2 fully saturated rings. The minimum Gasteiger partial charge on any atom is -0.483 e. The van der Waals surface area contributed by atoms with Crippen LogP contribution in [0.3, 0.4) is 0 Å².